The second-order valence-electron chi connectivity index (χ2n) is 9.55. The van der Waals surface area contributed by atoms with Crippen molar-refractivity contribution in [1.29, 1.82) is 0 Å². The minimum Gasteiger partial charge on any atom is -0.481 e. The number of aliphatic carboxylic acids is 1. The van der Waals surface area contributed by atoms with Crippen LogP contribution in [0.25, 0.3) is 0 Å². The molecule has 0 spiro atoms. The van der Waals surface area contributed by atoms with E-state index in [1.165, 1.54) is 19.3 Å². The van der Waals surface area contributed by atoms with Gasteiger partial charge in [0.25, 0.3) is 0 Å². The van der Waals surface area contributed by atoms with E-state index in [2.05, 4.69) is 74.6 Å². The van der Waals surface area contributed by atoms with Crippen molar-refractivity contribution in [2.45, 2.75) is 129 Å². The summed E-state index contributed by atoms with van der Waals surface area (Å²) in [6, 6.07) is 0. The first kappa shape index (κ1) is 35.4. The van der Waals surface area contributed by atoms with Gasteiger partial charge in [-0.15, -0.1) is 0 Å². The molecule has 4 heteroatoms. The Morgan fingerprint density at radius 2 is 1.21 bits per heavy atom. The number of ether oxygens (including phenoxy) is 1. The molecule has 1 N–H and O–H groups in total. The van der Waals surface area contributed by atoms with Crippen LogP contribution in [0.4, 0.5) is 0 Å². The second-order valence-corrected chi connectivity index (χ2v) is 9.55. The molecule has 0 aliphatic heterocycles. The molecule has 0 aliphatic rings. The molecular weight excluding hydrogens is 472 g/mol. The molecule has 0 aliphatic carbocycles. The van der Waals surface area contributed by atoms with Gasteiger partial charge in [0.1, 0.15) is 6.10 Å². The third kappa shape index (κ3) is 28.0. The smallest absolute Gasteiger partial charge is 0.306 e. The lowest BCUT2D eigenvalue weighted by atomic mass is 10.1. The lowest BCUT2D eigenvalue weighted by Gasteiger charge is -2.14. The Labute approximate surface area is 233 Å². The molecule has 0 saturated carbocycles. The Hall–Kier alpha value is -2.62. The number of rotatable bonds is 25. The third-order valence-electron chi connectivity index (χ3n) is 5.91. The van der Waals surface area contributed by atoms with Gasteiger partial charge < -0.3 is 9.84 Å². The van der Waals surface area contributed by atoms with Crippen molar-refractivity contribution in [3.05, 3.63) is 72.9 Å². The predicted molar refractivity (Wildman–Crippen MR) is 162 cm³/mol. The van der Waals surface area contributed by atoms with E-state index in [1.54, 1.807) is 0 Å². The summed E-state index contributed by atoms with van der Waals surface area (Å²) < 4.78 is 5.76. The van der Waals surface area contributed by atoms with Gasteiger partial charge in [0.2, 0.25) is 0 Å². The van der Waals surface area contributed by atoms with Crippen LogP contribution in [-0.4, -0.2) is 23.1 Å². The highest BCUT2D eigenvalue weighted by molar-refractivity contribution is 5.69. The van der Waals surface area contributed by atoms with Gasteiger partial charge >= 0.3 is 11.9 Å². The van der Waals surface area contributed by atoms with Gasteiger partial charge in [-0.3, -0.25) is 9.59 Å². The minimum atomic E-state index is -0.740. The number of hydrogen-bond donors (Lipinski definition) is 1. The summed E-state index contributed by atoms with van der Waals surface area (Å²) in [6.07, 6.45) is 40.6. The molecule has 214 valence electrons. The maximum atomic E-state index is 12.4. The van der Waals surface area contributed by atoms with E-state index in [9.17, 15) is 9.59 Å². The van der Waals surface area contributed by atoms with E-state index in [-0.39, 0.29) is 18.5 Å². The zero-order chi connectivity index (χ0) is 27.9. The number of esters is 1. The summed E-state index contributed by atoms with van der Waals surface area (Å²) in [7, 11) is 0. The van der Waals surface area contributed by atoms with Crippen LogP contribution in [0.15, 0.2) is 72.9 Å². The maximum Gasteiger partial charge on any atom is 0.306 e. The minimum absolute atomic E-state index is 0.164. The van der Waals surface area contributed by atoms with E-state index in [4.69, 9.17) is 9.84 Å². The normalized spacial score (nSPS) is 13.3. The van der Waals surface area contributed by atoms with Gasteiger partial charge in [-0.05, 0) is 76.7 Å². The zero-order valence-corrected chi connectivity index (χ0v) is 24.2. The van der Waals surface area contributed by atoms with Crippen LogP contribution in [0.1, 0.15) is 123 Å². The summed E-state index contributed by atoms with van der Waals surface area (Å²) in [4.78, 5) is 23.1. The summed E-state index contributed by atoms with van der Waals surface area (Å²) >= 11 is 0. The lowest BCUT2D eigenvalue weighted by molar-refractivity contribution is -0.147. The molecule has 0 aromatic rings. The van der Waals surface area contributed by atoms with Crippen molar-refractivity contribution in [2.75, 3.05) is 0 Å². The molecule has 0 aromatic carbocycles. The van der Waals surface area contributed by atoms with Crippen molar-refractivity contribution in [3.63, 3.8) is 0 Å². The van der Waals surface area contributed by atoms with Crippen molar-refractivity contribution >= 4 is 11.9 Å². The largest absolute Gasteiger partial charge is 0.481 e. The number of carboxylic acids is 1. The third-order valence-corrected chi connectivity index (χ3v) is 5.91. The van der Waals surface area contributed by atoms with Crippen molar-refractivity contribution < 1.29 is 19.4 Å². The molecule has 0 aromatic heterocycles. The number of carbonyl (C=O) groups is 2. The standard InChI is InChI=1S/C34H54O4/c1-3-5-7-9-11-13-14-15-16-17-19-21-27-31-34(37)38-32(29-25-22-23-26-30-33(35)36)28-24-20-18-12-10-8-6-4-2/h5,7,11-13,15-16,18-19,21,24,28,32H,3-4,6,8-10,14,17,20,22-23,25-27,29-31H2,1-2H3,(H,35,36)/b7-5-,13-11-,16-15-,18-12-,21-19-,28-24-. The fraction of sp³-hybridized carbons (Fsp3) is 0.588. The van der Waals surface area contributed by atoms with E-state index in [0.29, 0.717) is 19.3 Å². The molecule has 0 amide bonds. The molecule has 0 saturated heterocycles. The van der Waals surface area contributed by atoms with Crippen LogP contribution in [0.2, 0.25) is 0 Å². The average molecular weight is 527 g/mol. The molecule has 38 heavy (non-hydrogen) atoms. The first-order chi connectivity index (χ1) is 18.6. The SMILES string of the molecule is CC/C=C\C/C=C\C/C=C\C/C=C\CCC(=O)OC(/C=C\C/C=C\CCCCC)CCCCCCC(=O)O. The van der Waals surface area contributed by atoms with Crippen molar-refractivity contribution in [1.82, 2.24) is 0 Å². The summed E-state index contributed by atoms with van der Waals surface area (Å²) in [6.45, 7) is 4.35. The monoisotopic (exact) mass is 526 g/mol. The zero-order valence-electron chi connectivity index (χ0n) is 24.2. The van der Waals surface area contributed by atoms with E-state index in [1.807, 2.05) is 12.2 Å². The van der Waals surface area contributed by atoms with Gasteiger partial charge in [-0.2, -0.15) is 0 Å². The van der Waals surface area contributed by atoms with E-state index in [0.717, 1.165) is 64.2 Å². The summed E-state index contributed by atoms with van der Waals surface area (Å²) in [5.74, 6) is -0.904. The Kier molecular flexibility index (Phi) is 26.9. The Balaban J connectivity index is 4.33. The number of allylic oxidation sites excluding steroid dienone is 11. The molecule has 0 radical (unpaired) electrons. The van der Waals surface area contributed by atoms with Crippen LogP contribution in [0, 0.1) is 0 Å². The fourth-order valence-corrected chi connectivity index (χ4v) is 3.73. The number of carboxylic acid groups (broad SMARTS) is 1. The predicted octanol–water partition coefficient (Wildman–Crippen LogP) is 9.99. The van der Waals surface area contributed by atoms with Crippen LogP contribution >= 0.6 is 0 Å². The van der Waals surface area contributed by atoms with E-state index >= 15 is 0 Å². The maximum absolute atomic E-state index is 12.4. The Bertz CT molecular complexity index is 740. The fourth-order valence-electron chi connectivity index (χ4n) is 3.73. The number of hydrogen-bond acceptors (Lipinski definition) is 3. The van der Waals surface area contributed by atoms with Gasteiger partial charge in [0.05, 0.1) is 0 Å². The summed E-state index contributed by atoms with van der Waals surface area (Å²) in [5.41, 5.74) is 0. The average Bonchev–Trinajstić information content (AvgIpc) is 2.89. The number of carbonyl (C=O) groups excluding carboxylic acids is 1. The van der Waals surface area contributed by atoms with Gasteiger partial charge in [-0.25, -0.2) is 0 Å². The van der Waals surface area contributed by atoms with Crippen molar-refractivity contribution in [3.8, 4) is 0 Å². The molecule has 0 rings (SSSR count). The molecule has 1 unspecified atom stereocenters. The first-order valence-electron chi connectivity index (χ1n) is 14.9. The molecule has 0 heterocycles. The highest BCUT2D eigenvalue weighted by Crippen LogP contribution is 2.13. The second kappa shape index (κ2) is 28.9. The molecule has 0 fully saturated rings. The Morgan fingerprint density at radius 1 is 0.632 bits per heavy atom. The van der Waals surface area contributed by atoms with E-state index < -0.39 is 5.97 Å². The lowest BCUT2D eigenvalue weighted by Crippen LogP contribution is -2.16. The van der Waals surface area contributed by atoms with Crippen LogP contribution in [-0.2, 0) is 14.3 Å². The van der Waals surface area contributed by atoms with Gasteiger partial charge in [-0.1, -0.05) is 106 Å². The van der Waals surface area contributed by atoms with Crippen LogP contribution in [0.3, 0.4) is 0 Å². The van der Waals surface area contributed by atoms with Gasteiger partial charge in [0.15, 0.2) is 0 Å². The molecule has 0 bridgehead atoms. The topological polar surface area (TPSA) is 63.6 Å². The molecule has 1 atom stereocenters. The highest BCUT2D eigenvalue weighted by atomic mass is 16.5. The summed E-state index contributed by atoms with van der Waals surface area (Å²) in [5, 5.41) is 8.77. The van der Waals surface area contributed by atoms with Gasteiger partial charge in [0, 0.05) is 12.8 Å². The number of unbranched alkanes of at least 4 members (excludes halogenated alkanes) is 6. The first-order valence-corrected chi connectivity index (χ1v) is 14.9. The molecule has 4 nitrogen and oxygen atoms in total. The van der Waals surface area contributed by atoms with Crippen LogP contribution in [0.5, 0.6) is 0 Å². The van der Waals surface area contributed by atoms with Crippen LogP contribution < -0.4 is 0 Å². The quantitative estimate of drug-likeness (QED) is 0.0730. The highest BCUT2D eigenvalue weighted by Gasteiger charge is 2.11. The van der Waals surface area contributed by atoms with Crippen molar-refractivity contribution in [2.24, 2.45) is 0 Å². The Morgan fingerprint density at radius 3 is 1.84 bits per heavy atom. The molecular formula is C34H54O4.